The number of sulfonamides is 1. The van der Waals surface area contributed by atoms with Crippen molar-refractivity contribution in [2.45, 2.75) is 4.90 Å². The largest absolute Gasteiger partial charge is 0.278 e. The van der Waals surface area contributed by atoms with E-state index in [1.807, 2.05) is 18.2 Å². The molecule has 0 saturated heterocycles. The first-order valence-corrected chi connectivity index (χ1v) is 10.7. The van der Waals surface area contributed by atoms with Crippen molar-refractivity contribution >= 4 is 49.7 Å². The second kappa shape index (κ2) is 7.47. The molecule has 1 N–H and O–H groups in total. The third kappa shape index (κ3) is 3.85. The number of hydrogen-bond acceptors (Lipinski definition) is 2. The van der Waals surface area contributed by atoms with Crippen molar-refractivity contribution in [2.75, 3.05) is 4.72 Å². The van der Waals surface area contributed by atoms with E-state index < -0.39 is 10.0 Å². The fourth-order valence-electron chi connectivity index (χ4n) is 2.97. The molecule has 0 amide bonds. The zero-order chi connectivity index (χ0) is 19.7. The molecule has 0 unspecified atom stereocenters. The van der Waals surface area contributed by atoms with Gasteiger partial charge in [0.25, 0.3) is 10.0 Å². The monoisotopic (exact) mass is 427 g/mol. The van der Waals surface area contributed by atoms with Crippen LogP contribution in [-0.2, 0) is 10.0 Å². The minimum absolute atomic E-state index is 0.156. The summed E-state index contributed by atoms with van der Waals surface area (Å²) in [5, 5.41) is 2.97. The van der Waals surface area contributed by atoms with Crippen LogP contribution in [0, 0.1) is 0 Å². The molecule has 6 heteroatoms. The van der Waals surface area contributed by atoms with Crippen molar-refractivity contribution in [1.82, 2.24) is 0 Å². The molecule has 0 heterocycles. The predicted octanol–water partition coefficient (Wildman–Crippen LogP) is 6.61. The minimum atomic E-state index is -3.76. The van der Waals surface area contributed by atoms with Gasteiger partial charge in [-0.05, 0) is 58.3 Å². The molecule has 0 atom stereocenters. The summed E-state index contributed by atoms with van der Waals surface area (Å²) in [5.41, 5.74) is 2.25. The lowest BCUT2D eigenvalue weighted by Crippen LogP contribution is -2.13. The van der Waals surface area contributed by atoms with Gasteiger partial charge < -0.3 is 0 Å². The van der Waals surface area contributed by atoms with E-state index in [1.165, 1.54) is 12.1 Å². The van der Waals surface area contributed by atoms with E-state index in [-0.39, 0.29) is 15.6 Å². The Morgan fingerprint density at radius 2 is 1.36 bits per heavy atom. The van der Waals surface area contributed by atoms with E-state index in [4.69, 9.17) is 23.2 Å². The Hall–Kier alpha value is -2.53. The highest BCUT2D eigenvalue weighted by molar-refractivity contribution is 7.92. The molecule has 0 aromatic heterocycles. The van der Waals surface area contributed by atoms with Crippen LogP contribution in [0.1, 0.15) is 0 Å². The third-order valence-corrected chi connectivity index (χ3v) is 6.35. The highest BCUT2D eigenvalue weighted by atomic mass is 35.5. The minimum Gasteiger partial charge on any atom is -0.278 e. The fourth-order valence-corrected chi connectivity index (χ4v) is 4.56. The second-order valence-electron chi connectivity index (χ2n) is 6.32. The van der Waals surface area contributed by atoms with Gasteiger partial charge in [-0.1, -0.05) is 71.7 Å². The van der Waals surface area contributed by atoms with Crippen LogP contribution >= 0.6 is 23.2 Å². The molecular formula is C22H15Cl2NO2S. The molecule has 0 aliphatic rings. The third-order valence-electron chi connectivity index (χ3n) is 4.42. The van der Waals surface area contributed by atoms with Crippen LogP contribution in [0.5, 0.6) is 0 Å². The number of benzene rings is 4. The van der Waals surface area contributed by atoms with Gasteiger partial charge in [0.05, 0.1) is 15.6 Å². The topological polar surface area (TPSA) is 46.2 Å². The maximum absolute atomic E-state index is 12.7. The van der Waals surface area contributed by atoms with E-state index in [0.29, 0.717) is 5.02 Å². The standard InChI is InChI=1S/C22H15Cl2NO2S/c23-19-9-12-22(21(24)14-19)25-28(26,27)20-10-7-16(8-11-20)18-6-5-15-3-1-2-4-17(15)13-18/h1-14,25H. The van der Waals surface area contributed by atoms with Gasteiger partial charge in [-0.25, -0.2) is 8.42 Å². The number of anilines is 1. The van der Waals surface area contributed by atoms with Crippen molar-refractivity contribution in [2.24, 2.45) is 0 Å². The molecule has 3 nitrogen and oxygen atoms in total. The van der Waals surface area contributed by atoms with Crippen LogP contribution in [0.25, 0.3) is 21.9 Å². The number of fused-ring (bicyclic) bond motifs is 1. The number of nitrogens with one attached hydrogen (secondary N) is 1. The van der Waals surface area contributed by atoms with E-state index in [1.54, 1.807) is 30.3 Å². The highest BCUT2D eigenvalue weighted by Gasteiger charge is 2.16. The lowest BCUT2D eigenvalue weighted by atomic mass is 10.0. The summed E-state index contributed by atoms with van der Waals surface area (Å²) in [6.07, 6.45) is 0. The Bertz CT molecular complexity index is 1270. The van der Waals surface area contributed by atoms with Gasteiger partial charge in [0.1, 0.15) is 0 Å². The Labute approximate surface area is 173 Å². The fraction of sp³-hybridized carbons (Fsp3) is 0. The van der Waals surface area contributed by atoms with Gasteiger partial charge in [-0.15, -0.1) is 0 Å². The quantitative estimate of drug-likeness (QED) is 0.397. The van der Waals surface area contributed by atoms with Crippen LogP contribution in [0.4, 0.5) is 5.69 Å². The van der Waals surface area contributed by atoms with Gasteiger partial charge in [0.15, 0.2) is 0 Å². The zero-order valence-corrected chi connectivity index (χ0v) is 16.9. The van der Waals surface area contributed by atoms with E-state index in [0.717, 1.165) is 21.9 Å². The van der Waals surface area contributed by atoms with Crippen LogP contribution in [0.2, 0.25) is 10.0 Å². The van der Waals surface area contributed by atoms with Gasteiger partial charge in [-0.2, -0.15) is 0 Å². The maximum Gasteiger partial charge on any atom is 0.261 e. The summed E-state index contributed by atoms with van der Waals surface area (Å²) in [4.78, 5) is 0.156. The number of hydrogen-bond donors (Lipinski definition) is 1. The molecule has 0 fully saturated rings. The average molecular weight is 428 g/mol. The number of halogens is 2. The van der Waals surface area contributed by atoms with Gasteiger partial charge in [0, 0.05) is 5.02 Å². The second-order valence-corrected chi connectivity index (χ2v) is 8.84. The molecule has 140 valence electrons. The van der Waals surface area contributed by atoms with Crippen LogP contribution in [0.3, 0.4) is 0 Å². The number of rotatable bonds is 4. The average Bonchev–Trinajstić information content (AvgIpc) is 2.70. The summed E-state index contributed by atoms with van der Waals surface area (Å²) < 4.78 is 27.8. The van der Waals surface area contributed by atoms with Crippen molar-refractivity contribution < 1.29 is 8.42 Å². The smallest absolute Gasteiger partial charge is 0.261 e. The molecule has 0 radical (unpaired) electrons. The van der Waals surface area contributed by atoms with Crippen LogP contribution in [0.15, 0.2) is 89.8 Å². The molecular weight excluding hydrogens is 413 g/mol. The normalized spacial score (nSPS) is 11.5. The van der Waals surface area contributed by atoms with Crippen molar-refractivity contribution in [3.63, 3.8) is 0 Å². The first kappa shape index (κ1) is 18.8. The molecule has 0 spiro atoms. The summed E-state index contributed by atoms with van der Waals surface area (Å²) in [6, 6.07) is 25.6. The molecule has 28 heavy (non-hydrogen) atoms. The van der Waals surface area contributed by atoms with E-state index in [2.05, 4.69) is 29.0 Å². The van der Waals surface area contributed by atoms with Gasteiger partial charge in [0.2, 0.25) is 0 Å². The van der Waals surface area contributed by atoms with Crippen molar-refractivity contribution in [3.05, 3.63) is 95.0 Å². The van der Waals surface area contributed by atoms with Crippen LogP contribution < -0.4 is 4.72 Å². The predicted molar refractivity (Wildman–Crippen MR) is 117 cm³/mol. The van der Waals surface area contributed by atoms with Crippen LogP contribution in [-0.4, -0.2) is 8.42 Å². The lowest BCUT2D eigenvalue weighted by Gasteiger charge is -2.11. The van der Waals surface area contributed by atoms with Crippen molar-refractivity contribution in [3.8, 4) is 11.1 Å². The van der Waals surface area contributed by atoms with Crippen molar-refractivity contribution in [1.29, 1.82) is 0 Å². The first-order chi connectivity index (χ1) is 13.4. The Morgan fingerprint density at radius 1 is 0.679 bits per heavy atom. The molecule has 0 saturated carbocycles. The van der Waals surface area contributed by atoms with E-state index >= 15 is 0 Å². The molecule has 0 aliphatic carbocycles. The summed E-state index contributed by atoms with van der Waals surface area (Å²) in [5.74, 6) is 0. The highest BCUT2D eigenvalue weighted by Crippen LogP contribution is 2.29. The molecule has 0 aliphatic heterocycles. The zero-order valence-electron chi connectivity index (χ0n) is 14.6. The first-order valence-electron chi connectivity index (χ1n) is 8.49. The summed E-state index contributed by atoms with van der Waals surface area (Å²) in [6.45, 7) is 0. The Kier molecular flexibility index (Phi) is 5.02. The summed E-state index contributed by atoms with van der Waals surface area (Å²) in [7, 11) is -3.76. The maximum atomic E-state index is 12.7. The lowest BCUT2D eigenvalue weighted by molar-refractivity contribution is 0.601. The van der Waals surface area contributed by atoms with Gasteiger partial charge >= 0.3 is 0 Å². The van der Waals surface area contributed by atoms with E-state index in [9.17, 15) is 8.42 Å². The Balaban J connectivity index is 1.62. The summed E-state index contributed by atoms with van der Waals surface area (Å²) >= 11 is 11.9. The molecule has 4 aromatic rings. The SMILES string of the molecule is O=S(=O)(Nc1ccc(Cl)cc1Cl)c1ccc(-c2ccc3ccccc3c2)cc1. The molecule has 0 bridgehead atoms. The Morgan fingerprint density at radius 3 is 2.07 bits per heavy atom. The molecule has 4 aromatic carbocycles. The van der Waals surface area contributed by atoms with Gasteiger partial charge in [-0.3, -0.25) is 4.72 Å². The molecule has 4 rings (SSSR count).